The van der Waals surface area contributed by atoms with E-state index in [1.165, 1.54) is 11.3 Å². The number of halogens is 3. The lowest BCUT2D eigenvalue weighted by Crippen LogP contribution is -2.11. The van der Waals surface area contributed by atoms with E-state index in [-0.39, 0.29) is 5.91 Å². The summed E-state index contributed by atoms with van der Waals surface area (Å²) in [6, 6.07) is 11.9. The molecule has 0 spiro atoms. The van der Waals surface area contributed by atoms with Crippen LogP contribution in [0.1, 0.15) is 10.4 Å². The minimum Gasteiger partial charge on any atom is -0.298 e. The highest BCUT2D eigenvalue weighted by Crippen LogP contribution is 2.32. The molecular formula is C16H9Cl3N2OS. The summed E-state index contributed by atoms with van der Waals surface area (Å²) in [6.45, 7) is 0. The molecule has 0 atom stereocenters. The smallest absolute Gasteiger partial charge is 0.257 e. The minimum atomic E-state index is -0.268. The van der Waals surface area contributed by atoms with Gasteiger partial charge < -0.3 is 0 Å². The monoisotopic (exact) mass is 382 g/mol. The first-order valence-electron chi connectivity index (χ1n) is 6.51. The summed E-state index contributed by atoms with van der Waals surface area (Å²) in [5, 5.41) is 6.63. The fourth-order valence-corrected chi connectivity index (χ4v) is 3.35. The Balaban J connectivity index is 1.81. The Morgan fingerprint density at radius 3 is 2.57 bits per heavy atom. The maximum atomic E-state index is 12.2. The molecule has 3 nitrogen and oxygen atoms in total. The zero-order valence-electron chi connectivity index (χ0n) is 11.5. The second-order valence-electron chi connectivity index (χ2n) is 4.63. The zero-order chi connectivity index (χ0) is 16.4. The molecule has 0 fully saturated rings. The van der Waals surface area contributed by atoms with E-state index in [4.69, 9.17) is 34.8 Å². The first-order valence-corrected chi connectivity index (χ1v) is 8.52. The number of carbonyl (C=O) groups excluding carboxylic acids is 1. The maximum absolute atomic E-state index is 12.2. The summed E-state index contributed by atoms with van der Waals surface area (Å²) < 4.78 is 0. The fraction of sp³-hybridized carbons (Fsp3) is 0. The third-order valence-electron chi connectivity index (χ3n) is 3.02. The number of amides is 1. The van der Waals surface area contributed by atoms with Crippen LogP contribution in [0.2, 0.25) is 15.1 Å². The molecule has 0 saturated carbocycles. The second kappa shape index (κ2) is 6.89. The van der Waals surface area contributed by atoms with Gasteiger partial charge in [0.1, 0.15) is 0 Å². The van der Waals surface area contributed by atoms with E-state index in [2.05, 4.69) is 10.3 Å². The highest BCUT2D eigenvalue weighted by molar-refractivity contribution is 7.14. The number of hydrogen-bond donors (Lipinski definition) is 1. The van der Waals surface area contributed by atoms with Gasteiger partial charge >= 0.3 is 0 Å². The fourth-order valence-electron chi connectivity index (χ4n) is 1.95. The van der Waals surface area contributed by atoms with Crippen LogP contribution in [0.15, 0.2) is 47.8 Å². The molecule has 0 bridgehead atoms. The van der Waals surface area contributed by atoms with Gasteiger partial charge in [0.25, 0.3) is 5.91 Å². The van der Waals surface area contributed by atoms with E-state index in [0.29, 0.717) is 31.5 Å². The van der Waals surface area contributed by atoms with Crippen molar-refractivity contribution >= 4 is 57.2 Å². The molecule has 1 N–H and O–H groups in total. The van der Waals surface area contributed by atoms with Gasteiger partial charge in [-0.3, -0.25) is 10.1 Å². The average molecular weight is 384 g/mol. The van der Waals surface area contributed by atoms with Crippen molar-refractivity contribution in [2.24, 2.45) is 0 Å². The Hall–Kier alpha value is -1.59. The normalized spacial score (nSPS) is 10.6. The van der Waals surface area contributed by atoms with Crippen LogP contribution in [0.4, 0.5) is 5.13 Å². The number of aromatic nitrogens is 1. The van der Waals surface area contributed by atoms with Crippen molar-refractivity contribution in [3.05, 3.63) is 68.5 Å². The molecule has 0 aliphatic heterocycles. The van der Waals surface area contributed by atoms with Gasteiger partial charge in [-0.05, 0) is 36.4 Å². The summed E-state index contributed by atoms with van der Waals surface area (Å²) in [7, 11) is 0. The van der Waals surface area contributed by atoms with Crippen molar-refractivity contribution in [3.63, 3.8) is 0 Å². The van der Waals surface area contributed by atoms with Crippen LogP contribution in [0.5, 0.6) is 0 Å². The summed E-state index contributed by atoms with van der Waals surface area (Å²) in [5.74, 6) is -0.268. The molecule has 2 aromatic carbocycles. The van der Waals surface area contributed by atoms with Gasteiger partial charge in [0.2, 0.25) is 0 Å². The van der Waals surface area contributed by atoms with Crippen molar-refractivity contribution in [3.8, 4) is 11.3 Å². The number of hydrogen-bond acceptors (Lipinski definition) is 3. The first-order chi connectivity index (χ1) is 11.0. The van der Waals surface area contributed by atoms with Gasteiger partial charge in [0.05, 0.1) is 10.7 Å². The Labute approximate surface area is 151 Å². The Bertz CT molecular complexity index is 879. The summed E-state index contributed by atoms with van der Waals surface area (Å²) >= 11 is 19.3. The summed E-state index contributed by atoms with van der Waals surface area (Å²) in [4.78, 5) is 16.6. The Kier molecular flexibility index (Phi) is 4.87. The predicted octanol–water partition coefficient (Wildman–Crippen LogP) is 6.02. The van der Waals surface area contributed by atoms with Gasteiger partial charge in [-0.15, -0.1) is 11.3 Å². The van der Waals surface area contributed by atoms with Gasteiger partial charge in [0.15, 0.2) is 5.13 Å². The number of rotatable bonds is 3. The van der Waals surface area contributed by atoms with Crippen LogP contribution < -0.4 is 5.32 Å². The lowest BCUT2D eigenvalue weighted by atomic mass is 10.2. The minimum absolute atomic E-state index is 0.268. The quantitative estimate of drug-likeness (QED) is 0.600. The molecule has 7 heteroatoms. The molecule has 0 unspecified atom stereocenters. The van der Waals surface area contributed by atoms with Crippen LogP contribution in [-0.2, 0) is 0 Å². The number of anilines is 1. The van der Waals surface area contributed by atoms with Gasteiger partial charge in [0, 0.05) is 26.6 Å². The average Bonchev–Trinajstić information content (AvgIpc) is 2.95. The van der Waals surface area contributed by atoms with Crippen molar-refractivity contribution in [1.82, 2.24) is 4.98 Å². The van der Waals surface area contributed by atoms with Crippen LogP contribution in [-0.4, -0.2) is 10.9 Å². The molecular weight excluding hydrogens is 375 g/mol. The van der Waals surface area contributed by atoms with Crippen LogP contribution >= 0.6 is 46.1 Å². The first kappa shape index (κ1) is 16.3. The molecule has 1 aromatic heterocycles. The van der Waals surface area contributed by atoms with E-state index in [1.54, 1.807) is 42.5 Å². The standard InChI is InChI=1S/C16H9Cl3N2OS/c17-10-3-1-2-9(6-10)15(22)21-16-20-14(8-23-16)12-5-4-11(18)7-13(12)19/h1-8H,(H,20,21,22). The molecule has 3 aromatic rings. The maximum Gasteiger partial charge on any atom is 0.257 e. The topological polar surface area (TPSA) is 42.0 Å². The van der Waals surface area contributed by atoms with Crippen LogP contribution in [0.25, 0.3) is 11.3 Å². The van der Waals surface area contributed by atoms with Gasteiger partial charge in [-0.25, -0.2) is 4.98 Å². The number of nitrogens with one attached hydrogen (secondary N) is 1. The van der Waals surface area contributed by atoms with E-state index >= 15 is 0 Å². The van der Waals surface area contributed by atoms with Crippen molar-refractivity contribution in [1.29, 1.82) is 0 Å². The molecule has 0 radical (unpaired) electrons. The second-order valence-corrected chi connectivity index (χ2v) is 6.76. The number of carbonyl (C=O) groups is 1. The summed E-state index contributed by atoms with van der Waals surface area (Å²) in [6.07, 6.45) is 0. The highest BCUT2D eigenvalue weighted by Gasteiger charge is 2.12. The van der Waals surface area contributed by atoms with Crippen LogP contribution in [0, 0.1) is 0 Å². The third kappa shape index (κ3) is 3.85. The molecule has 23 heavy (non-hydrogen) atoms. The summed E-state index contributed by atoms with van der Waals surface area (Å²) in [5.41, 5.74) is 1.91. The lowest BCUT2D eigenvalue weighted by Gasteiger charge is -2.03. The van der Waals surface area contributed by atoms with Crippen molar-refractivity contribution < 1.29 is 4.79 Å². The SMILES string of the molecule is O=C(Nc1nc(-c2ccc(Cl)cc2Cl)cs1)c1cccc(Cl)c1. The molecule has 0 aliphatic rings. The number of thiazole rings is 1. The molecule has 0 aliphatic carbocycles. The third-order valence-corrected chi connectivity index (χ3v) is 4.56. The van der Waals surface area contributed by atoms with E-state index in [1.807, 2.05) is 5.38 Å². The molecule has 116 valence electrons. The van der Waals surface area contributed by atoms with E-state index in [9.17, 15) is 4.79 Å². The van der Waals surface area contributed by atoms with Crippen molar-refractivity contribution in [2.75, 3.05) is 5.32 Å². The molecule has 3 rings (SSSR count). The number of benzene rings is 2. The largest absolute Gasteiger partial charge is 0.298 e. The Morgan fingerprint density at radius 2 is 1.83 bits per heavy atom. The highest BCUT2D eigenvalue weighted by atomic mass is 35.5. The number of nitrogens with zero attached hydrogens (tertiary/aromatic N) is 1. The lowest BCUT2D eigenvalue weighted by molar-refractivity contribution is 0.102. The molecule has 1 amide bonds. The van der Waals surface area contributed by atoms with E-state index < -0.39 is 0 Å². The van der Waals surface area contributed by atoms with E-state index in [0.717, 1.165) is 5.56 Å². The van der Waals surface area contributed by atoms with Gasteiger partial charge in [-0.1, -0.05) is 40.9 Å². The Morgan fingerprint density at radius 1 is 1.04 bits per heavy atom. The molecule has 0 saturated heterocycles. The zero-order valence-corrected chi connectivity index (χ0v) is 14.6. The van der Waals surface area contributed by atoms with Crippen LogP contribution in [0.3, 0.4) is 0 Å². The van der Waals surface area contributed by atoms with Gasteiger partial charge in [-0.2, -0.15) is 0 Å². The molecule has 1 heterocycles. The van der Waals surface area contributed by atoms with Crippen molar-refractivity contribution in [2.45, 2.75) is 0 Å². The predicted molar refractivity (Wildman–Crippen MR) is 97.0 cm³/mol.